The number of hydrogen-bond donors (Lipinski definition) is 1. The summed E-state index contributed by atoms with van der Waals surface area (Å²) in [4.78, 5) is 0.881. The Bertz CT molecular complexity index is 900. The first kappa shape index (κ1) is 21.6. The fraction of sp³-hybridized carbons (Fsp3) is 0.474. The Morgan fingerprint density at radius 2 is 1.65 bits per heavy atom. The van der Waals surface area contributed by atoms with E-state index in [9.17, 15) is 9.32 Å². The molecule has 7 heteroatoms. The van der Waals surface area contributed by atoms with Crippen LogP contribution in [0.1, 0.15) is 40.2 Å². The normalized spacial score (nSPS) is 15.6. The predicted octanol–water partition coefficient (Wildman–Crippen LogP) is 6.63. The van der Waals surface area contributed by atoms with Gasteiger partial charge in [-0.3, -0.25) is 4.03 Å². The van der Waals surface area contributed by atoms with Gasteiger partial charge in [-0.15, -0.1) is 11.3 Å². The average Bonchev–Trinajstić information content (AvgIpc) is 2.92. The number of aliphatic hydroxyl groups is 1. The van der Waals surface area contributed by atoms with Crippen LogP contribution in [0.15, 0.2) is 44.6 Å². The predicted molar refractivity (Wildman–Crippen MR) is 117 cm³/mol. The van der Waals surface area contributed by atoms with Gasteiger partial charge < -0.3 is 5.11 Å². The Morgan fingerprint density at radius 3 is 2.12 bits per heavy atom. The minimum absolute atomic E-state index is 0.0524. The van der Waals surface area contributed by atoms with Gasteiger partial charge in [0, 0.05) is 21.1 Å². The first-order chi connectivity index (χ1) is 11.7. The highest BCUT2D eigenvalue weighted by Crippen LogP contribution is 2.44. The zero-order valence-corrected chi connectivity index (χ0v) is 19.9. The number of halogens is 1. The standard InChI is InChI=1S/C19H28ClNO2S2Si/c1-18(2,3)26(6,7)21-25(20,23)16-13-15(19(4,5)22)17(24-16)14-11-9-8-10-12-14/h8-13,22H,1-7H3. The third-order valence-corrected chi connectivity index (χ3v) is 15.2. The van der Waals surface area contributed by atoms with Crippen LogP contribution in [-0.2, 0) is 14.5 Å². The molecule has 0 aliphatic carbocycles. The lowest BCUT2D eigenvalue weighted by atomic mass is 9.96. The molecule has 1 heterocycles. The Kier molecular flexibility index (Phi) is 5.87. The van der Waals surface area contributed by atoms with Gasteiger partial charge in [-0.1, -0.05) is 51.1 Å². The van der Waals surface area contributed by atoms with Crippen molar-refractivity contribution in [1.29, 1.82) is 0 Å². The molecule has 0 radical (unpaired) electrons. The minimum atomic E-state index is -3.05. The second-order valence-electron chi connectivity index (χ2n) is 8.59. The highest BCUT2D eigenvalue weighted by Gasteiger charge is 2.38. The van der Waals surface area contributed by atoms with Crippen molar-refractivity contribution in [3.8, 4) is 10.4 Å². The van der Waals surface area contributed by atoms with E-state index in [0.717, 1.165) is 16.0 Å². The van der Waals surface area contributed by atoms with Crippen LogP contribution < -0.4 is 0 Å². The lowest BCUT2D eigenvalue weighted by Gasteiger charge is -2.32. The summed E-state index contributed by atoms with van der Waals surface area (Å²) in [5.74, 6) is 0. The van der Waals surface area contributed by atoms with E-state index in [1.807, 2.05) is 30.3 Å². The minimum Gasteiger partial charge on any atom is -0.386 e. The average molecular weight is 430 g/mol. The number of hydrogen-bond acceptors (Lipinski definition) is 4. The molecule has 0 aliphatic heterocycles. The number of rotatable bonds is 4. The second-order valence-corrected chi connectivity index (χ2v) is 17.9. The van der Waals surface area contributed by atoms with Crippen LogP contribution in [0.25, 0.3) is 10.4 Å². The summed E-state index contributed by atoms with van der Waals surface area (Å²) in [5.41, 5.74) is 0.631. The van der Waals surface area contributed by atoms with E-state index in [-0.39, 0.29) is 5.04 Å². The second kappa shape index (κ2) is 7.06. The van der Waals surface area contributed by atoms with E-state index >= 15 is 0 Å². The molecule has 0 saturated heterocycles. The van der Waals surface area contributed by atoms with Gasteiger partial charge in [-0.2, -0.15) is 0 Å². The molecule has 1 aromatic carbocycles. The van der Waals surface area contributed by atoms with Crippen LogP contribution in [0, 0.1) is 0 Å². The fourth-order valence-electron chi connectivity index (χ4n) is 2.23. The van der Waals surface area contributed by atoms with Gasteiger partial charge in [0.1, 0.15) is 4.21 Å². The third kappa shape index (κ3) is 4.60. The smallest absolute Gasteiger partial charge is 0.194 e. The number of nitrogens with zero attached hydrogens (tertiary/aromatic N) is 1. The fourth-order valence-corrected chi connectivity index (χ4v) is 10.3. The maximum absolute atomic E-state index is 13.3. The van der Waals surface area contributed by atoms with E-state index < -0.39 is 22.8 Å². The molecule has 1 unspecified atom stereocenters. The highest BCUT2D eigenvalue weighted by molar-refractivity contribution is 8.17. The summed E-state index contributed by atoms with van der Waals surface area (Å²) in [5, 5.41) is 10.6. The maximum Gasteiger partial charge on any atom is 0.194 e. The van der Waals surface area contributed by atoms with Crippen molar-refractivity contribution in [3.05, 3.63) is 42.0 Å². The van der Waals surface area contributed by atoms with Gasteiger partial charge >= 0.3 is 0 Å². The van der Waals surface area contributed by atoms with Crippen LogP contribution in [0.4, 0.5) is 0 Å². The summed E-state index contributed by atoms with van der Waals surface area (Å²) in [6.45, 7) is 14.0. The number of thiophene rings is 1. The van der Waals surface area contributed by atoms with Crippen molar-refractivity contribution >= 4 is 39.2 Å². The molecule has 0 saturated carbocycles. The maximum atomic E-state index is 13.3. The van der Waals surface area contributed by atoms with Crippen molar-refractivity contribution in [2.45, 2.75) is 62.6 Å². The monoisotopic (exact) mass is 429 g/mol. The van der Waals surface area contributed by atoms with E-state index in [2.05, 4.69) is 37.9 Å². The molecule has 0 amide bonds. The molecule has 1 N–H and O–H groups in total. The summed E-state index contributed by atoms with van der Waals surface area (Å²) < 4.78 is 18.5. The third-order valence-electron chi connectivity index (χ3n) is 4.83. The first-order valence-corrected chi connectivity index (χ1v) is 14.7. The zero-order valence-electron chi connectivity index (χ0n) is 16.5. The summed E-state index contributed by atoms with van der Waals surface area (Å²) in [6, 6.07) is 11.6. The van der Waals surface area contributed by atoms with Gasteiger partial charge in [-0.05, 0) is 43.6 Å². The van der Waals surface area contributed by atoms with E-state index in [0.29, 0.717) is 4.21 Å². The molecule has 1 aromatic heterocycles. The highest BCUT2D eigenvalue weighted by atomic mass is 35.7. The van der Waals surface area contributed by atoms with Crippen molar-refractivity contribution in [2.75, 3.05) is 0 Å². The van der Waals surface area contributed by atoms with Crippen LogP contribution >= 0.6 is 22.0 Å². The van der Waals surface area contributed by atoms with Crippen molar-refractivity contribution < 1.29 is 9.32 Å². The van der Waals surface area contributed by atoms with Crippen molar-refractivity contribution in [2.24, 2.45) is 4.03 Å². The molecule has 2 rings (SSSR count). The Morgan fingerprint density at radius 1 is 1.12 bits per heavy atom. The molecule has 1 atom stereocenters. The molecule has 26 heavy (non-hydrogen) atoms. The van der Waals surface area contributed by atoms with E-state index in [1.165, 1.54) is 11.3 Å². The molecule has 0 spiro atoms. The Labute approximate surface area is 167 Å². The molecule has 0 aliphatic rings. The van der Waals surface area contributed by atoms with Gasteiger partial charge in [0.05, 0.1) is 5.60 Å². The van der Waals surface area contributed by atoms with Gasteiger partial charge in [-0.25, -0.2) is 4.21 Å². The summed E-state index contributed by atoms with van der Waals surface area (Å²) >= 11 is 1.36. The molecular formula is C19H28ClNO2S2Si. The zero-order chi connectivity index (χ0) is 20.0. The van der Waals surface area contributed by atoms with E-state index in [4.69, 9.17) is 10.7 Å². The largest absolute Gasteiger partial charge is 0.386 e. The number of benzene rings is 1. The molecule has 3 nitrogen and oxygen atoms in total. The quantitative estimate of drug-likeness (QED) is 0.438. The van der Waals surface area contributed by atoms with Gasteiger partial charge in [0.15, 0.2) is 17.2 Å². The van der Waals surface area contributed by atoms with Crippen molar-refractivity contribution in [3.63, 3.8) is 0 Å². The van der Waals surface area contributed by atoms with Gasteiger partial charge in [0.2, 0.25) is 0 Å². The summed E-state index contributed by atoms with van der Waals surface area (Å²) in [7, 11) is 1.25. The molecular weight excluding hydrogens is 402 g/mol. The van der Waals surface area contributed by atoms with Crippen LogP contribution in [-0.4, -0.2) is 17.6 Å². The SMILES string of the molecule is CC(C)(O)c1cc(S(=O)(Cl)=N[Si](C)(C)C(C)(C)C)sc1-c1ccccc1. The molecule has 144 valence electrons. The molecule has 2 aromatic rings. The molecule has 0 fully saturated rings. The lowest BCUT2D eigenvalue weighted by molar-refractivity contribution is 0.0795. The summed E-state index contributed by atoms with van der Waals surface area (Å²) in [6.07, 6.45) is 0. The van der Waals surface area contributed by atoms with Gasteiger partial charge in [0.25, 0.3) is 0 Å². The lowest BCUT2D eigenvalue weighted by Crippen LogP contribution is -2.35. The van der Waals surface area contributed by atoms with Crippen molar-refractivity contribution in [1.82, 2.24) is 0 Å². The Hall–Kier alpha value is -0.663. The first-order valence-electron chi connectivity index (χ1n) is 8.55. The molecule has 0 bridgehead atoms. The van der Waals surface area contributed by atoms with Crippen LogP contribution in [0.5, 0.6) is 0 Å². The van der Waals surface area contributed by atoms with Crippen LogP contribution in [0.2, 0.25) is 18.1 Å². The topological polar surface area (TPSA) is 49.7 Å². The van der Waals surface area contributed by atoms with E-state index in [1.54, 1.807) is 19.9 Å². The Balaban J connectivity index is 2.69. The van der Waals surface area contributed by atoms with Crippen LogP contribution in [0.3, 0.4) is 0 Å².